The van der Waals surface area contributed by atoms with Gasteiger partial charge in [0.1, 0.15) is 11.6 Å². The molecule has 1 saturated heterocycles. The predicted molar refractivity (Wildman–Crippen MR) is 126 cm³/mol. The zero-order chi connectivity index (χ0) is 25.5. The summed E-state index contributed by atoms with van der Waals surface area (Å²) in [5.74, 6) is -2.18. The first-order chi connectivity index (χ1) is 16.5. The SMILES string of the molecule is Cc1ccc(C(O)=C2C(=O)C(=O)N(c3ccc(C(F)(F)F)cn3)C2c2ccc(C(C)C)cc2)cc1. The number of aromatic nitrogens is 1. The van der Waals surface area contributed by atoms with Crippen LogP contribution in [0.2, 0.25) is 0 Å². The highest BCUT2D eigenvalue weighted by Gasteiger charge is 2.47. The van der Waals surface area contributed by atoms with Crippen molar-refractivity contribution in [2.75, 3.05) is 4.90 Å². The van der Waals surface area contributed by atoms with Crippen LogP contribution in [0.3, 0.4) is 0 Å². The fourth-order valence-corrected chi connectivity index (χ4v) is 4.01. The first-order valence-corrected chi connectivity index (χ1v) is 11.0. The average molecular weight is 480 g/mol. The van der Waals surface area contributed by atoms with E-state index in [-0.39, 0.29) is 23.1 Å². The Morgan fingerprint density at radius 2 is 1.60 bits per heavy atom. The van der Waals surface area contributed by atoms with E-state index in [2.05, 4.69) is 4.98 Å². The van der Waals surface area contributed by atoms with Crippen molar-refractivity contribution in [2.24, 2.45) is 0 Å². The second kappa shape index (κ2) is 9.02. The highest BCUT2D eigenvalue weighted by atomic mass is 19.4. The van der Waals surface area contributed by atoms with E-state index in [1.165, 1.54) is 0 Å². The van der Waals surface area contributed by atoms with E-state index in [0.717, 1.165) is 28.2 Å². The third kappa shape index (κ3) is 4.56. The Hall–Kier alpha value is -3.94. The number of amides is 1. The Morgan fingerprint density at radius 1 is 0.971 bits per heavy atom. The number of hydrogen-bond acceptors (Lipinski definition) is 4. The van der Waals surface area contributed by atoms with Crippen LogP contribution in [0.25, 0.3) is 5.76 Å². The smallest absolute Gasteiger partial charge is 0.417 e. The molecular formula is C27H23F3N2O3. The summed E-state index contributed by atoms with van der Waals surface area (Å²) in [5, 5.41) is 11.1. The molecule has 4 rings (SSSR count). The number of carbonyl (C=O) groups is 2. The average Bonchev–Trinajstić information content (AvgIpc) is 3.09. The minimum Gasteiger partial charge on any atom is -0.507 e. The van der Waals surface area contributed by atoms with Gasteiger partial charge in [0.05, 0.1) is 17.2 Å². The molecule has 0 saturated carbocycles. The Bertz CT molecular complexity index is 1290. The minimum atomic E-state index is -4.60. The molecule has 2 heterocycles. The molecule has 1 unspecified atom stereocenters. The molecule has 180 valence electrons. The van der Waals surface area contributed by atoms with Crippen LogP contribution >= 0.6 is 0 Å². The van der Waals surface area contributed by atoms with Gasteiger partial charge in [0.2, 0.25) is 0 Å². The van der Waals surface area contributed by atoms with Gasteiger partial charge in [-0.3, -0.25) is 14.5 Å². The normalized spacial score (nSPS) is 17.9. The minimum absolute atomic E-state index is 0.124. The molecule has 1 atom stereocenters. The fraction of sp³-hybridized carbons (Fsp3) is 0.222. The number of aliphatic hydroxyl groups is 1. The van der Waals surface area contributed by atoms with E-state index in [1.807, 2.05) is 32.9 Å². The number of anilines is 1. The number of aliphatic hydroxyl groups excluding tert-OH is 1. The lowest BCUT2D eigenvalue weighted by atomic mass is 9.93. The molecule has 5 nitrogen and oxygen atoms in total. The molecule has 0 radical (unpaired) electrons. The van der Waals surface area contributed by atoms with Gasteiger partial charge in [-0.1, -0.05) is 67.9 Å². The highest BCUT2D eigenvalue weighted by Crippen LogP contribution is 2.42. The van der Waals surface area contributed by atoms with Gasteiger partial charge in [-0.05, 0) is 36.1 Å². The lowest BCUT2D eigenvalue weighted by molar-refractivity contribution is -0.137. The summed E-state index contributed by atoms with van der Waals surface area (Å²) in [6.07, 6.45) is -3.98. The van der Waals surface area contributed by atoms with Crippen LogP contribution in [0.5, 0.6) is 0 Å². The highest BCUT2D eigenvalue weighted by molar-refractivity contribution is 6.51. The number of benzene rings is 2. The first kappa shape index (κ1) is 24.2. The van der Waals surface area contributed by atoms with Gasteiger partial charge in [-0.15, -0.1) is 0 Å². The molecule has 0 bridgehead atoms. The molecule has 1 aliphatic heterocycles. The van der Waals surface area contributed by atoms with E-state index >= 15 is 0 Å². The lowest BCUT2D eigenvalue weighted by Crippen LogP contribution is -2.30. The third-order valence-corrected chi connectivity index (χ3v) is 6.01. The van der Waals surface area contributed by atoms with Crippen LogP contribution in [0.4, 0.5) is 19.0 Å². The largest absolute Gasteiger partial charge is 0.507 e. The van der Waals surface area contributed by atoms with Crippen LogP contribution in [0, 0.1) is 6.92 Å². The van der Waals surface area contributed by atoms with E-state index in [1.54, 1.807) is 36.4 Å². The summed E-state index contributed by atoms with van der Waals surface area (Å²) in [6.45, 7) is 5.91. The lowest BCUT2D eigenvalue weighted by Gasteiger charge is -2.25. The maximum absolute atomic E-state index is 13.1. The van der Waals surface area contributed by atoms with E-state index in [9.17, 15) is 27.9 Å². The molecule has 8 heteroatoms. The van der Waals surface area contributed by atoms with Crippen molar-refractivity contribution in [3.63, 3.8) is 0 Å². The zero-order valence-electron chi connectivity index (χ0n) is 19.3. The van der Waals surface area contributed by atoms with Gasteiger partial charge < -0.3 is 5.11 Å². The Balaban J connectivity index is 1.89. The number of aryl methyl sites for hydroxylation is 1. The number of alkyl halides is 3. The number of Topliss-reactive ketones (excluding diaryl/α,β-unsaturated/α-hetero) is 1. The molecular weight excluding hydrogens is 457 g/mol. The number of hydrogen-bond donors (Lipinski definition) is 1. The van der Waals surface area contributed by atoms with Crippen molar-refractivity contribution in [3.05, 3.63) is 100 Å². The van der Waals surface area contributed by atoms with Crippen LogP contribution in [0.15, 0.2) is 72.4 Å². The van der Waals surface area contributed by atoms with Crippen LogP contribution in [-0.4, -0.2) is 21.8 Å². The number of carbonyl (C=O) groups excluding carboxylic acids is 2. The Morgan fingerprint density at radius 3 is 2.11 bits per heavy atom. The second-order valence-electron chi connectivity index (χ2n) is 8.76. The van der Waals surface area contributed by atoms with Gasteiger partial charge in [0.15, 0.2) is 0 Å². The van der Waals surface area contributed by atoms with Crippen molar-refractivity contribution in [1.29, 1.82) is 0 Å². The van der Waals surface area contributed by atoms with Crippen LogP contribution in [0.1, 0.15) is 53.6 Å². The molecule has 2 aromatic carbocycles. The molecule has 0 spiro atoms. The quantitative estimate of drug-likeness (QED) is 0.276. The standard InChI is InChI=1S/C27H23F3N2O3/c1-15(2)17-8-10-18(11-9-17)23-22(24(33)19-6-4-16(3)5-7-19)25(34)26(35)32(23)21-13-12-20(14-31-21)27(28,29)30/h4-15,23,33H,1-3H3. The summed E-state index contributed by atoms with van der Waals surface area (Å²) >= 11 is 0. The van der Waals surface area contributed by atoms with Crippen molar-refractivity contribution in [1.82, 2.24) is 4.98 Å². The predicted octanol–water partition coefficient (Wildman–Crippen LogP) is 6.16. The number of ketones is 1. The fourth-order valence-electron chi connectivity index (χ4n) is 4.01. The number of halogens is 3. The molecule has 1 fully saturated rings. The Kier molecular flexibility index (Phi) is 6.23. The summed E-state index contributed by atoms with van der Waals surface area (Å²) in [7, 11) is 0. The van der Waals surface area contributed by atoms with Gasteiger partial charge in [0.25, 0.3) is 5.78 Å². The van der Waals surface area contributed by atoms with Crippen LogP contribution in [-0.2, 0) is 15.8 Å². The summed E-state index contributed by atoms with van der Waals surface area (Å²) < 4.78 is 39.1. The van der Waals surface area contributed by atoms with Gasteiger partial charge in [0, 0.05) is 11.8 Å². The summed E-state index contributed by atoms with van der Waals surface area (Å²) in [5.41, 5.74) is 1.70. The van der Waals surface area contributed by atoms with Gasteiger partial charge >= 0.3 is 12.1 Å². The molecule has 1 aliphatic rings. The van der Waals surface area contributed by atoms with Crippen molar-refractivity contribution < 1.29 is 27.9 Å². The molecule has 0 aliphatic carbocycles. The van der Waals surface area contributed by atoms with Crippen LogP contribution < -0.4 is 4.90 Å². The molecule has 1 amide bonds. The summed E-state index contributed by atoms with van der Waals surface area (Å²) in [6, 6.07) is 14.8. The van der Waals surface area contributed by atoms with E-state index in [0.29, 0.717) is 17.3 Å². The van der Waals surface area contributed by atoms with E-state index in [4.69, 9.17) is 0 Å². The molecule has 35 heavy (non-hydrogen) atoms. The van der Waals surface area contributed by atoms with Gasteiger partial charge in [-0.25, -0.2) is 4.98 Å². The van der Waals surface area contributed by atoms with Gasteiger partial charge in [-0.2, -0.15) is 13.2 Å². The maximum Gasteiger partial charge on any atom is 0.417 e. The first-order valence-electron chi connectivity index (χ1n) is 11.0. The number of pyridine rings is 1. The maximum atomic E-state index is 13.1. The third-order valence-electron chi connectivity index (χ3n) is 6.01. The molecule has 3 aromatic rings. The number of nitrogens with zero attached hydrogens (tertiary/aromatic N) is 2. The van der Waals surface area contributed by atoms with Crippen molar-refractivity contribution in [2.45, 2.75) is 38.9 Å². The summed E-state index contributed by atoms with van der Waals surface area (Å²) in [4.78, 5) is 31.1. The van der Waals surface area contributed by atoms with Crippen molar-refractivity contribution in [3.8, 4) is 0 Å². The topological polar surface area (TPSA) is 70.5 Å². The van der Waals surface area contributed by atoms with Crippen molar-refractivity contribution >= 4 is 23.3 Å². The monoisotopic (exact) mass is 480 g/mol. The molecule has 1 N–H and O–H groups in total. The second-order valence-corrected chi connectivity index (χ2v) is 8.76. The zero-order valence-corrected chi connectivity index (χ0v) is 19.3. The Labute approximate surface area is 200 Å². The number of rotatable bonds is 4. The molecule has 1 aromatic heterocycles. The van der Waals surface area contributed by atoms with E-state index < -0.39 is 29.5 Å².